The third kappa shape index (κ3) is 8.19. The molecule has 1 rings (SSSR count). The summed E-state index contributed by atoms with van der Waals surface area (Å²) in [6.45, 7) is 4.65. The fraction of sp³-hybridized carbons (Fsp3) is 0.267. The van der Waals surface area contributed by atoms with E-state index in [1.165, 1.54) is 0 Å². The van der Waals surface area contributed by atoms with E-state index in [9.17, 15) is 9.59 Å². The van der Waals surface area contributed by atoms with Gasteiger partial charge in [0.1, 0.15) is 0 Å². The molecule has 1 aromatic carbocycles. The van der Waals surface area contributed by atoms with E-state index < -0.39 is 5.91 Å². The molecule has 0 heterocycles. The van der Waals surface area contributed by atoms with Crippen LogP contribution in [0.15, 0.2) is 41.9 Å². The number of carbonyl (C=O) groups is 2. The number of guanidine groups is 1. The highest BCUT2D eigenvalue weighted by Gasteiger charge is 2.06. The summed E-state index contributed by atoms with van der Waals surface area (Å²) in [5.74, 6) is -0.238. The molecule has 0 saturated carbocycles. The molecule has 0 atom stereocenters. The summed E-state index contributed by atoms with van der Waals surface area (Å²) < 4.78 is 0. The summed E-state index contributed by atoms with van der Waals surface area (Å²) >= 11 is 0. The predicted molar refractivity (Wildman–Crippen MR) is 102 cm³/mol. The predicted octanol–water partition coefficient (Wildman–Crippen LogP) is 0.371. The summed E-state index contributed by atoms with van der Waals surface area (Å²) in [6.07, 6.45) is 1.74. The third-order valence-corrected chi connectivity index (χ3v) is 2.74. The van der Waals surface area contributed by atoms with Crippen molar-refractivity contribution < 1.29 is 9.59 Å². The van der Waals surface area contributed by atoms with E-state index in [0.717, 1.165) is 5.56 Å². The summed E-state index contributed by atoms with van der Waals surface area (Å²) in [5.41, 5.74) is 6.44. The fourth-order valence-corrected chi connectivity index (χ4v) is 1.62. The van der Waals surface area contributed by atoms with Crippen LogP contribution in [0.25, 0.3) is 0 Å². The van der Waals surface area contributed by atoms with Gasteiger partial charge in [-0.2, -0.15) is 0 Å². The zero-order chi connectivity index (χ0) is 16.4. The molecular weight excluding hydrogens is 409 g/mol. The molecule has 2 amide bonds. The molecule has 0 spiro atoms. The molecule has 0 aliphatic heterocycles. The van der Waals surface area contributed by atoms with Gasteiger partial charge in [-0.3, -0.25) is 14.6 Å². The first-order chi connectivity index (χ1) is 10.6. The molecule has 0 bridgehead atoms. The SMILES string of the molecule is C=CCNC(=NC)NCc1ccc(C(=O)NCC(N)=O)cc1.I. The zero-order valence-corrected chi connectivity index (χ0v) is 15.3. The van der Waals surface area contributed by atoms with Crippen molar-refractivity contribution in [3.8, 4) is 0 Å². The number of nitrogens with two attached hydrogens (primary N) is 1. The van der Waals surface area contributed by atoms with Crippen LogP contribution in [0.3, 0.4) is 0 Å². The van der Waals surface area contributed by atoms with Gasteiger partial charge in [-0.15, -0.1) is 30.6 Å². The minimum atomic E-state index is -0.576. The summed E-state index contributed by atoms with van der Waals surface area (Å²) in [5, 5.41) is 8.63. The number of hydrogen-bond donors (Lipinski definition) is 4. The van der Waals surface area contributed by atoms with Crippen molar-refractivity contribution in [2.24, 2.45) is 10.7 Å². The minimum Gasteiger partial charge on any atom is -0.368 e. The van der Waals surface area contributed by atoms with Crippen LogP contribution in [0.2, 0.25) is 0 Å². The van der Waals surface area contributed by atoms with Crippen molar-refractivity contribution in [1.82, 2.24) is 16.0 Å². The highest BCUT2D eigenvalue weighted by Crippen LogP contribution is 2.04. The first kappa shape index (κ1) is 20.9. The van der Waals surface area contributed by atoms with Crippen LogP contribution in [-0.2, 0) is 11.3 Å². The second kappa shape index (κ2) is 11.5. The second-order valence-electron chi connectivity index (χ2n) is 4.44. The minimum absolute atomic E-state index is 0. The van der Waals surface area contributed by atoms with Gasteiger partial charge in [0.2, 0.25) is 5.91 Å². The molecule has 0 unspecified atom stereocenters. The Morgan fingerprint density at radius 3 is 2.39 bits per heavy atom. The van der Waals surface area contributed by atoms with Crippen molar-refractivity contribution in [2.45, 2.75) is 6.54 Å². The average Bonchev–Trinajstić information content (AvgIpc) is 2.53. The van der Waals surface area contributed by atoms with Gasteiger partial charge in [0.05, 0.1) is 6.54 Å². The van der Waals surface area contributed by atoms with Crippen LogP contribution >= 0.6 is 24.0 Å². The molecule has 8 heteroatoms. The molecule has 0 saturated heterocycles. The Bertz CT molecular complexity index is 557. The second-order valence-corrected chi connectivity index (χ2v) is 4.44. The number of nitrogens with zero attached hydrogens (tertiary/aromatic N) is 1. The van der Waals surface area contributed by atoms with Gasteiger partial charge >= 0.3 is 0 Å². The number of rotatable bonds is 7. The Kier molecular flexibility index (Phi) is 10.4. The Hall–Kier alpha value is -2.10. The van der Waals surface area contributed by atoms with Crippen LogP contribution in [0.1, 0.15) is 15.9 Å². The normalized spacial score (nSPS) is 10.2. The van der Waals surface area contributed by atoms with E-state index in [1.807, 2.05) is 12.1 Å². The van der Waals surface area contributed by atoms with E-state index in [1.54, 1.807) is 25.3 Å². The smallest absolute Gasteiger partial charge is 0.251 e. The number of hydrogen-bond acceptors (Lipinski definition) is 3. The maximum atomic E-state index is 11.7. The molecule has 1 aromatic rings. The van der Waals surface area contributed by atoms with Gasteiger partial charge in [0.15, 0.2) is 5.96 Å². The Balaban J connectivity index is 0.00000484. The molecule has 0 aliphatic carbocycles. The van der Waals surface area contributed by atoms with Gasteiger partial charge in [0, 0.05) is 25.7 Å². The number of halogens is 1. The molecule has 0 aliphatic rings. The van der Waals surface area contributed by atoms with Crippen LogP contribution in [0.4, 0.5) is 0 Å². The van der Waals surface area contributed by atoms with Gasteiger partial charge < -0.3 is 21.7 Å². The molecule has 0 radical (unpaired) electrons. The number of aliphatic imine (C=N–C) groups is 1. The van der Waals surface area contributed by atoms with Crippen LogP contribution in [0.5, 0.6) is 0 Å². The molecule has 7 nitrogen and oxygen atoms in total. The molecule has 126 valence electrons. The zero-order valence-electron chi connectivity index (χ0n) is 13.0. The van der Waals surface area contributed by atoms with Crippen molar-refractivity contribution in [1.29, 1.82) is 0 Å². The van der Waals surface area contributed by atoms with E-state index >= 15 is 0 Å². The summed E-state index contributed by atoms with van der Waals surface area (Å²) in [6, 6.07) is 7.03. The molecule has 0 aromatic heterocycles. The van der Waals surface area contributed by atoms with Gasteiger partial charge in [-0.1, -0.05) is 18.2 Å². The van der Waals surface area contributed by atoms with Crippen molar-refractivity contribution in [2.75, 3.05) is 20.1 Å². The number of primary amides is 1. The lowest BCUT2D eigenvalue weighted by atomic mass is 10.1. The van der Waals surface area contributed by atoms with Crippen LogP contribution in [-0.4, -0.2) is 37.9 Å². The fourth-order valence-electron chi connectivity index (χ4n) is 1.62. The van der Waals surface area contributed by atoms with Gasteiger partial charge in [0.25, 0.3) is 5.91 Å². The highest BCUT2D eigenvalue weighted by atomic mass is 127. The largest absolute Gasteiger partial charge is 0.368 e. The Labute approximate surface area is 152 Å². The molecule has 0 fully saturated rings. The van der Waals surface area contributed by atoms with Crippen LogP contribution in [0, 0.1) is 0 Å². The van der Waals surface area contributed by atoms with E-state index in [4.69, 9.17) is 5.73 Å². The quantitative estimate of drug-likeness (QED) is 0.217. The number of benzene rings is 1. The lowest BCUT2D eigenvalue weighted by Gasteiger charge is -2.10. The van der Waals surface area contributed by atoms with Gasteiger partial charge in [-0.05, 0) is 17.7 Å². The van der Waals surface area contributed by atoms with E-state index in [-0.39, 0.29) is 36.4 Å². The van der Waals surface area contributed by atoms with Crippen LogP contribution < -0.4 is 21.7 Å². The molecular formula is C15H22IN5O2. The number of amides is 2. The lowest BCUT2D eigenvalue weighted by molar-refractivity contribution is -0.117. The van der Waals surface area contributed by atoms with E-state index in [2.05, 4.69) is 27.5 Å². The lowest BCUT2D eigenvalue weighted by Crippen LogP contribution is -2.36. The third-order valence-electron chi connectivity index (χ3n) is 2.74. The Morgan fingerprint density at radius 2 is 1.87 bits per heavy atom. The summed E-state index contributed by atoms with van der Waals surface area (Å²) in [4.78, 5) is 26.4. The maximum Gasteiger partial charge on any atom is 0.251 e. The number of carbonyl (C=O) groups excluding carboxylic acids is 2. The topological polar surface area (TPSA) is 109 Å². The van der Waals surface area contributed by atoms with Crippen molar-refractivity contribution in [3.05, 3.63) is 48.0 Å². The van der Waals surface area contributed by atoms with Gasteiger partial charge in [-0.25, -0.2) is 0 Å². The first-order valence-electron chi connectivity index (χ1n) is 6.77. The first-order valence-corrected chi connectivity index (χ1v) is 6.77. The van der Waals surface area contributed by atoms with E-state index in [0.29, 0.717) is 24.6 Å². The Morgan fingerprint density at radius 1 is 1.22 bits per heavy atom. The molecule has 23 heavy (non-hydrogen) atoms. The monoisotopic (exact) mass is 431 g/mol. The maximum absolute atomic E-state index is 11.7. The molecule has 5 N–H and O–H groups in total. The highest BCUT2D eigenvalue weighted by molar-refractivity contribution is 14.0. The van der Waals surface area contributed by atoms with Crippen molar-refractivity contribution in [3.63, 3.8) is 0 Å². The average molecular weight is 431 g/mol. The summed E-state index contributed by atoms with van der Waals surface area (Å²) in [7, 11) is 1.69. The van der Waals surface area contributed by atoms with Crippen molar-refractivity contribution >= 4 is 41.8 Å². The standard InChI is InChI=1S/C15H21N5O2.HI/c1-3-8-18-15(17-2)20-9-11-4-6-12(7-5-11)14(22)19-10-13(16)21;/h3-7H,1,8-10H2,2H3,(H2,16,21)(H,19,22)(H2,17,18,20);1H. The number of nitrogens with one attached hydrogen (secondary N) is 3.